The first-order valence-electron chi connectivity index (χ1n) is 6.47. The van der Waals surface area contributed by atoms with Crippen LogP contribution in [-0.2, 0) is 0 Å². The molecule has 0 atom stereocenters. The molecule has 0 saturated heterocycles. The van der Waals surface area contributed by atoms with E-state index in [0.717, 1.165) is 4.48 Å². The molecule has 0 N–H and O–H groups in total. The Morgan fingerprint density at radius 1 is 0.800 bits per heavy atom. The lowest BCUT2D eigenvalue weighted by molar-refractivity contribution is -0.870. The van der Waals surface area contributed by atoms with Crippen molar-refractivity contribution in [2.45, 2.75) is 51.4 Å². The molecule has 1 heteroatoms. The van der Waals surface area contributed by atoms with Gasteiger partial charge in [0.2, 0.25) is 0 Å². The van der Waals surface area contributed by atoms with E-state index in [-0.39, 0.29) is 0 Å². The van der Waals surface area contributed by atoms with Crippen LogP contribution in [0.2, 0.25) is 0 Å². The van der Waals surface area contributed by atoms with Crippen molar-refractivity contribution < 1.29 is 4.48 Å². The lowest BCUT2D eigenvalue weighted by Gasteiger charge is -2.23. The van der Waals surface area contributed by atoms with Gasteiger partial charge in [-0.05, 0) is 25.7 Å². The summed E-state index contributed by atoms with van der Waals surface area (Å²) in [5, 5.41) is 0. The second-order valence-electron chi connectivity index (χ2n) is 5.57. The third kappa shape index (κ3) is 13.7. The van der Waals surface area contributed by atoms with Crippen LogP contribution in [0.4, 0.5) is 0 Å². The molecule has 0 fully saturated rings. The smallest absolute Gasteiger partial charge is 0.0780 e. The van der Waals surface area contributed by atoms with Gasteiger partial charge in [-0.15, -0.1) is 6.58 Å². The van der Waals surface area contributed by atoms with E-state index in [1.54, 1.807) is 0 Å². The van der Waals surface area contributed by atoms with Gasteiger partial charge in [0.05, 0.1) is 27.7 Å². The van der Waals surface area contributed by atoms with E-state index in [1.807, 2.05) is 6.08 Å². The average molecular weight is 212 g/mol. The molecule has 0 aliphatic rings. The molecule has 0 aliphatic heterocycles. The molecular formula is C14H30N+. The second-order valence-corrected chi connectivity index (χ2v) is 5.57. The number of rotatable bonds is 10. The van der Waals surface area contributed by atoms with E-state index in [1.165, 1.54) is 57.9 Å². The van der Waals surface area contributed by atoms with Crippen LogP contribution in [-0.4, -0.2) is 32.2 Å². The van der Waals surface area contributed by atoms with Gasteiger partial charge < -0.3 is 4.48 Å². The summed E-state index contributed by atoms with van der Waals surface area (Å²) in [4.78, 5) is 0. The molecule has 0 amide bonds. The Kier molecular flexibility index (Phi) is 8.79. The Morgan fingerprint density at radius 2 is 1.27 bits per heavy atom. The minimum absolute atomic E-state index is 1.11. The van der Waals surface area contributed by atoms with Crippen LogP contribution in [0.5, 0.6) is 0 Å². The Morgan fingerprint density at radius 3 is 1.73 bits per heavy atom. The van der Waals surface area contributed by atoms with E-state index < -0.39 is 0 Å². The Bertz CT molecular complexity index is 144. The molecule has 0 spiro atoms. The van der Waals surface area contributed by atoms with E-state index in [2.05, 4.69) is 27.7 Å². The number of unbranched alkanes of at least 4 members (excludes halogenated alkanes) is 7. The zero-order valence-electron chi connectivity index (χ0n) is 11.1. The summed E-state index contributed by atoms with van der Waals surface area (Å²) in [6.45, 7) is 5.06. The highest BCUT2D eigenvalue weighted by Gasteiger charge is 2.04. The van der Waals surface area contributed by atoms with E-state index in [0.29, 0.717) is 0 Å². The van der Waals surface area contributed by atoms with Crippen molar-refractivity contribution in [1.29, 1.82) is 0 Å². The molecule has 90 valence electrons. The topological polar surface area (TPSA) is 0 Å². The summed E-state index contributed by atoms with van der Waals surface area (Å²) in [7, 11) is 6.82. The molecule has 0 aromatic carbocycles. The summed E-state index contributed by atoms with van der Waals surface area (Å²) in [6.07, 6.45) is 13.0. The van der Waals surface area contributed by atoms with Gasteiger partial charge in [-0.25, -0.2) is 0 Å². The van der Waals surface area contributed by atoms with Crippen LogP contribution in [0.1, 0.15) is 51.4 Å². The van der Waals surface area contributed by atoms with Crippen LogP contribution >= 0.6 is 0 Å². The first kappa shape index (κ1) is 14.7. The van der Waals surface area contributed by atoms with Crippen molar-refractivity contribution in [3.05, 3.63) is 12.7 Å². The fourth-order valence-electron chi connectivity index (χ4n) is 1.76. The van der Waals surface area contributed by atoms with Crippen molar-refractivity contribution in [1.82, 2.24) is 0 Å². The number of hydrogen-bond donors (Lipinski definition) is 0. The van der Waals surface area contributed by atoms with Gasteiger partial charge in [0.15, 0.2) is 0 Å². The Hall–Kier alpha value is -0.300. The van der Waals surface area contributed by atoms with Crippen LogP contribution < -0.4 is 0 Å². The SMILES string of the molecule is C=CCCCCCCCCC[N+](C)(C)C. The van der Waals surface area contributed by atoms with Crippen LogP contribution in [0.3, 0.4) is 0 Å². The molecule has 0 saturated carbocycles. The lowest BCUT2D eigenvalue weighted by Crippen LogP contribution is -2.35. The molecule has 0 aliphatic carbocycles. The molecule has 15 heavy (non-hydrogen) atoms. The van der Waals surface area contributed by atoms with Gasteiger partial charge in [0.25, 0.3) is 0 Å². The highest BCUT2D eigenvalue weighted by Crippen LogP contribution is 2.09. The fourth-order valence-corrected chi connectivity index (χ4v) is 1.76. The molecule has 0 rings (SSSR count). The van der Waals surface area contributed by atoms with Crippen molar-refractivity contribution in [3.63, 3.8) is 0 Å². The van der Waals surface area contributed by atoms with Gasteiger partial charge in [-0.2, -0.15) is 0 Å². The lowest BCUT2D eigenvalue weighted by atomic mass is 10.1. The maximum absolute atomic E-state index is 3.74. The van der Waals surface area contributed by atoms with Gasteiger partial charge in [-0.3, -0.25) is 0 Å². The number of hydrogen-bond acceptors (Lipinski definition) is 0. The summed E-state index contributed by atoms with van der Waals surface area (Å²) in [6, 6.07) is 0. The van der Waals surface area contributed by atoms with Crippen molar-refractivity contribution in [3.8, 4) is 0 Å². The highest BCUT2D eigenvalue weighted by atomic mass is 15.3. The van der Waals surface area contributed by atoms with Gasteiger partial charge in [-0.1, -0.05) is 31.8 Å². The zero-order valence-corrected chi connectivity index (χ0v) is 11.1. The van der Waals surface area contributed by atoms with Crippen LogP contribution in [0, 0.1) is 0 Å². The molecule has 0 aromatic heterocycles. The van der Waals surface area contributed by atoms with Crippen molar-refractivity contribution >= 4 is 0 Å². The van der Waals surface area contributed by atoms with Gasteiger partial charge in [0, 0.05) is 0 Å². The second kappa shape index (κ2) is 8.96. The molecular weight excluding hydrogens is 182 g/mol. The predicted molar refractivity (Wildman–Crippen MR) is 70.0 cm³/mol. The maximum Gasteiger partial charge on any atom is 0.0780 e. The fraction of sp³-hybridized carbons (Fsp3) is 0.857. The molecule has 0 bridgehead atoms. The largest absolute Gasteiger partial charge is 0.331 e. The molecule has 0 heterocycles. The van der Waals surface area contributed by atoms with Gasteiger partial charge >= 0.3 is 0 Å². The standard InChI is InChI=1S/C14H30N/c1-5-6-7-8-9-10-11-12-13-14-15(2,3)4/h5H,1,6-14H2,2-4H3/q+1. The molecule has 0 unspecified atom stereocenters. The minimum atomic E-state index is 1.11. The summed E-state index contributed by atoms with van der Waals surface area (Å²) in [5.41, 5.74) is 0. The third-order valence-electron chi connectivity index (χ3n) is 2.74. The number of nitrogens with zero attached hydrogens (tertiary/aromatic N) is 1. The first-order valence-corrected chi connectivity index (χ1v) is 6.47. The predicted octanol–water partition coefficient (Wildman–Crippen LogP) is 4.00. The minimum Gasteiger partial charge on any atom is -0.331 e. The molecule has 0 aromatic rings. The highest BCUT2D eigenvalue weighted by molar-refractivity contribution is 4.65. The maximum atomic E-state index is 3.74. The van der Waals surface area contributed by atoms with Crippen molar-refractivity contribution in [2.75, 3.05) is 27.7 Å². The number of allylic oxidation sites excluding steroid dienone is 1. The van der Waals surface area contributed by atoms with Crippen molar-refractivity contribution in [2.24, 2.45) is 0 Å². The zero-order chi connectivity index (χ0) is 11.6. The number of quaternary nitrogens is 1. The van der Waals surface area contributed by atoms with E-state index in [9.17, 15) is 0 Å². The van der Waals surface area contributed by atoms with Crippen LogP contribution in [0.25, 0.3) is 0 Å². The monoisotopic (exact) mass is 212 g/mol. The third-order valence-corrected chi connectivity index (χ3v) is 2.74. The summed E-state index contributed by atoms with van der Waals surface area (Å²) >= 11 is 0. The Balaban J connectivity index is 3.02. The quantitative estimate of drug-likeness (QED) is 0.292. The average Bonchev–Trinajstić information content (AvgIpc) is 2.14. The van der Waals surface area contributed by atoms with E-state index >= 15 is 0 Å². The van der Waals surface area contributed by atoms with E-state index in [4.69, 9.17) is 0 Å². The summed E-state index contributed by atoms with van der Waals surface area (Å²) in [5.74, 6) is 0. The normalized spacial score (nSPS) is 11.7. The Labute approximate surface area is 96.8 Å². The first-order chi connectivity index (χ1) is 7.06. The molecule has 0 radical (unpaired) electrons. The van der Waals surface area contributed by atoms with Gasteiger partial charge in [0.1, 0.15) is 0 Å². The summed E-state index contributed by atoms with van der Waals surface area (Å²) < 4.78 is 1.11. The molecule has 1 nitrogen and oxygen atoms in total. The van der Waals surface area contributed by atoms with Crippen LogP contribution in [0.15, 0.2) is 12.7 Å².